The highest BCUT2D eigenvalue weighted by molar-refractivity contribution is 5.62. The minimum Gasteiger partial charge on any atom is -0.375 e. The van der Waals surface area contributed by atoms with Gasteiger partial charge in [0, 0.05) is 24.7 Å². The van der Waals surface area contributed by atoms with Crippen molar-refractivity contribution in [2.24, 2.45) is 11.7 Å². The number of hydrogen-bond donors (Lipinski definition) is 2. The smallest absolute Gasteiger partial charge is 0.327 e. The van der Waals surface area contributed by atoms with Crippen molar-refractivity contribution in [3.05, 3.63) is 33.9 Å². The average molecular weight is 285 g/mol. The van der Waals surface area contributed by atoms with E-state index in [1.54, 1.807) is 0 Å². The molecule has 1 saturated carbocycles. The summed E-state index contributed by atoms with van der Waals surface area (Å²) in [5.41, 5.74) is 4.81. The van der Waals surface area contributed by atoms with Crippen LogP contribution in [0.3, 0.4) is 0 Å². The number of halogens is 2. The molecule has 110 valence electrons. The molecule has 1 aromatic rings. The maximum absolute atomic E-state index is 13.5. The molecule has 1 aliphatic carbocycles. The zero-order chi connectivity index (χ0) is 14.7. The van der Waals surface area contributed by atoms with Gasteiger partial charge in [-0.25, -0.2) is 4.39 Å². The van der Waals surface area contributed by atoms with Gasteiger partial charge in [0.1, 0.15) is 11.5 Å². The third-order valence-corrected chi connectivity index (χ3v) is 3.77. The Hall–Kier alpha value is -1.76. The maximum atomic E-state index is 13.5. The molecular weight excluding hydrogens is 268 g/mol. The van der Waals surface area contributed by atoms with Gasteiger partial charge in [0.2, 0.25) is 5.82 Å². The molecule has 0 heterocycles. The van der Waals surface area contributed by atoms with E-state index in [0.717, 1.165) is 31.7 Å². The number of nitro groups is 1. The number of hydrogen-bond acceptors (Lipinski definition) is 4. The SMILES string of the molecule is NCC(Nc1cc(F)cc(F)c1[N+](=O)[O-])C1CCCC1. The van der Waals surface area contributed by atoms with Crippen molar-refractivity contribution in [2.45, 2.75) is 31.7 Å². The predicted molar refractivity (Wildman–Crippen MR) is 71.4 cm³/mol. The van der Waals surface area contributed by atoms with Gasteiger partial charge >= 0.3 is 5.69 Å². The van der Waals surface area contributed by atoms with E-state index in [4.69, 9.17) is 5.73 Å². The average Bonchev–Trinajstić information content (AvgIpc) is 2.88. The van der Waals surface area contributed by atoms with E-state index in [2.05, 4.69) is 5.32 Å². The Morgan fingerprint density at radius 3 is 2.60 bits per heavy atom. The predicted octanol–water partition coefficient (Wildman–Crippen LogP) is 2.80. The first-order chi connectivity index (χ1) is 9.52. The summed E-state index contributed by atoms with van der Waals surface area (Å²) in [4.78, 5) is 10.1. The topological polar surface area (TPSA) is 81.2 Å². The second-order valence-corrected chi connectivity index (χ2v) is 5.07. The normalized spacial score (nSPS) is 17.1. The molecule has 0 aromatic heterocycles. The Morgan fingerprint density at radius 1 is 1.40 bits per heavy atom. The zero-order valence-electron chi connectivity index (χ0n) is 10.9. The van der Waals surface area contributed by atoms with Crippen LogP contribution in [0.2, 0.25) is 0 Å². The van der Waals surface area contributed by atoms with Gasteiger partial charge in [-0.3, -0.25) is 10.1 Å². The minimum atomic E-state index is -1.18. The standard InChI is InChI=1S/C13H17F2N3O2/c14-9-5-10(15)13(18(19)20)11(6-9)17-12(7-16)8-3-1-2-4-8/h5-6,8,12,17H,1-4,7,16H2. The molecule has 1 unspecified atom stereocenters. The van der Waals surface area contributed by atoms with Crippen molar-refractivity contribution >= 4 is 11.4 Å². The lowest BCUT2D eigenvalue weighted by Gasteiger charge is -2.24. The van der Waals surface area contributed by atoms with Crippen molar-refractivity contribution < 1.29 is 13.7 Å². The van der Waals surface area contributed by atoms with Crippen LogP contribution < -0.4 is 11.1 Å². The van der Waals surface area contributed by atoms with Crippen LogP contribution >= 0.6 is 0 Å². The third-order valence-electron chi connectivity index (χ3n) is 3.77. The van der Waals surface area contributed by atoms with Crippen molar-refractivity contribution in [3.8, 4) is 0 Å². The summed E-state index contributed by atoms with van der Waals surface area (Å²) < 4.78 is 26.8. The molecule has 1 aromatic carbocycles. The Kier molecular flexibility index (Phi) is 4.49. The van der Waals surface area contributed by atoms with Gasteiger partial charge < -0.3 is 11.1 Å². The fourth-order valence-corrected chi connectivity index (χ4v) is 2.79. The van der Waals surface area contributed by atoms with E-state index < -0.39 is 22.2 Å². The molecule has 0 saturated heterocycles. The van der Waals surface area contributed by atoms with E-state index in [1.165, 1.54) is 0 Å². The number of nitro benzene ring substituents is 1. The number of rotatable bonds is 5. The van der Waals surface area contributed by atoms with Gasteiger partial charge in [0.15, 0.2) is 0 Å². The molecule has 1 fully saturated rings. The van der Waals surface area contributed by atoms with Crippen LogP contribution in [0.15, 0.2) is 12.1 Å². The van der Waals surface area contributed by atoms with Crippen LogP contribution in [0.25, 0.3) is 0 Å². The number of nitrogens with zero attached hydrogens (tertiary/aromatic N) is 1. The summed E-state index contributed by atoms with van der Waals surface area (Å²) in [5.74, 6) is -1.75. The van der Waals surface area contributed by atoms with Gasteiger partial charge in [-0.05, 0) is 18.8 Å². The van der Waals surface area contributed by atoms with E-state index >= 15 is 0 Å². The van der Waals surface area contributed by atoms with Crippen molar-refractivity contribution in [1.29, 1.82) is 0 Å². The highest BCUT2D eigenvalue weighted by Gasteiger charge is 2.28. The minimum absolute atomic E-state index is 0.144. The first-order valence-corrected chi connectivity index (χ1v) is 6.63. The van der Waals surface area contributed by atoms with E-state index in [1.807, 2.05) is 0 Å². The maximum Gasteiger partial charge on any atom is 0.327 e. The summed E-state index contributed by atoms with van der Waals surface area (Å²) in [6, 6.07) is 1.24. The number of nitrogens with one attached hydrogen (secondary N) is 1. The molecule has 0 amide bonds. The quantitative estimate of drug-likeness (QED) is 0.644. The molecule has 0 bridgehead atoms. The summed E-state index contributed by atoms with van der Waals surface area (Å²) in [5, 5.41) is 13.8. The van der Waals surface area contributed by atoms with Crippen molar-refractivity contribution in [3.63, 3.8) is 0 Å². The monoisotopic (exact) mass is 285 g/mol. The molecule has 2 rings (SSSR count). The lowest BCUT2D eigenvalue weighted by Crippen LogP contribution is -2.35. The lowest BCUT2D eigenvalue weighted by molar-refractivity contribution is -0.386. The van der Waals surface area contributed by atoms with E-state index in [0.29, 0.717) is 6.07 Å². The number of benzene rings is 1. The summed E-state index contributed by atoms with van der Waals surface area (Å²) in [7, 11) is 0. The Balaban J connectivity index is 2.28. The van der Waals surface area contributed by atoms with Crippen LogP contribution in [-0.2, 0) is 0 Å². The first kappa shape index (κ1) is 14.6. The molecular formula is C13H17F2N3O2. The van der Waals surface area contributed by atoms with Crippen molar-refractivity contribution in [2.75, 3.05) is 11.9 Å². The molecule has 20 heavy (non-hydrogen) atoms. The third kappa shape index (κ3) is 3.04. The highest BCUT2D eigenvalue weighted by Crippen LogP contribution is 2.33. The van der Waals surface area contributed by atoms with Crippen molar-refractivity contribution in [1.82, 2.24) is 0 Å². The highest BCUT2D eigenvalue weighted by atomic mass is 19.1. The summed E-state index contributed by atoms with van der Waals surface area (Å²) in [6.45, 7) is 0.264. The molecule has 3 N–H and O–H groups in total. The molecule has 7 heteroatoms. The van der Waals surface area contributed by atoms with Gasteiger partial charge in [0.05, 0.1) is 4.92 Å². The van der Waals surface area contributed by atoms with Gasteiger partial charge in [-0.1, -0.05) is 12.8 Å². The Morgan fingerprint density at radius 2 is 2.05 bits per heavy atom. The van der Waals surface area contributed by atoms with Gasteiger partial charge in [-0.2, -0.15) is 4.39 Å². The van der Waals surface area contributed by atoms with Crippen LogP contribution in [0.1, 0.15) is 25.7 Å². The first-order valence-electron chi connectivity index (χ1n) is 6.63. The fraction of sp³-hybridized carbons (Fsp3) is 0.538. The summed E-state index contributed by atoms with van der Waals surface area (Å²) >= 11 is 0. The number of nitrogens with two attached hydrogens (primary N) is 1. The van der Waals surface area contributed by atoms with Gasteiger partial charge in [-0.15, -0.1) is 0 Å². The second-order valence-electron chi connectivity index (χ2n) is 5.07. The molecule has 1 atom stereocenters. The second kappa shape index (κ2) is 6.13. The summed E-state index contributed by atoms with van der Waals surface area (Å²) in [6.07, 6.45) is 4.12. The van der Waals surface area contributed by atoms with Crippen LogP contribution in [0.4, 0.5) is 20.2 Å². The molecule has 0 radical (unpaired) electrons. The zero-order valence-corrected chi connectivity index (χ0v) is 10.9. The fourth-order valence-electron chi connectivity index (χ4n) is 2.79. The largest absolute Gasteiger partial charge is 0.375 e. The molecule has 0 aliphatic heterocycles. The lowest BCUT2D eigenvalue weighted by atomic mass is 9.98. The number of anilines is 1. The van der Waals surface area contributed by atoms with E-state index in [-0.39, 0.29) is 24.2 Å². The molecule has 1 aliphatic rings. The Labute approximate surface area is 115 Å². The van der Waals surface area contributed by atoms with E-state index in [9.17, 15) is 18.9 Å². The molecule has 5 nitrogen and oxygen atoms in total. The Bertz CT molecular complexity index is 505. The van der Waals surface area contributed by atoms with Gasteiger partial charge in [0.25, 0.3) is 0 Å². The van der Waals surface area contributed by atoms with Crippen LogP contribution in [0.5, 0.6) is 0 Å². The van der Waals surface area contributed by atoms with Crippen LogP contribution in [0, 0.1) is 27.7 Å². The van der Waals surface area contributed by atoms with Crippen LogP contribution in [-0.4, -0.2) is 17.5 Å². The molecule has 0 spiro atoms.